The molecule has 0 bridgehead atoms. The molecule has 1 amide bonds. The maximum absolute atomic E-state index is 12.3. The highest BCUT2D eigenvalue weighted by Gasteiger charge is 2.21. The Bertz CT molecular complexity index is 610. The molecule has 0 aromatic heterocycles. The molecule has 0 saturated heterocycles. The number of hydrogen-bond donors (Lipinski definition) is 2. The fourth-order valence-electron chi connectivity index (χ4n) is 1.75. The molecule has 112 valence electrons. The van der Waals surface area contributed by atoms with Crippen LogP contribution in [0, 0.1) is 13.8 Å². The first kappa shape index (κ1) is 16.5. The third kappa shape index (κ3) is 3.71. The van der Waals surface area contributed by atoms with Crippen molar-refractivity contribution in [1.82, 2.24) is 9.62 Å². The molecule has 3 N–H and O–H groups in total. The van der Waals surface area contributed by atoms with Crippen LogP contribution < -0.4 is 10.5 Å². The van der Waals surface area contributed by atoms with Crippen LogP contribution in [0.2, 0.25) is 0 Å². The Morgan fingerprint density at radius 3 is 2.35 bits per heavy atom. The van der Waals surface area contributed by atoms with E-state index in [2.05, 4.69) is 4.72 Å². The minimum absolute atomic E-state index is 0.0478. The second-order valence-electron chi connectivity index (χ2n) is 4.88. The van der Waals surface area contributed by atoms with E-state index in [-0.39, 0.29) is 29.5 Å². The van der Waals surface area contributed by atoms with Crippen molar-refractivity contribution in [2.45, 2.75) is 25.2 Å². The van der Waals surface area contributed by atoms with Crippen LogP contribution in [0.3, 0.4) is 0 Å². The standard InChI is InChI=1S/C13H21N3O3S/c1-9-5-6-10(2)13(12(9)14)20(18,19)15-8-7-11(17)16(3)4/h5-6,15H,7-8,14H2,1-4H3. The molecule has 0 spiro atoms. The van der Waals surface area contributed by atoms with Crippen molar-refractivity contribution in [3.05, 3.63) is 23.3 Å². The first-order chi connectivity index (χ1) is 9.16. The van der Waals surface area contributed by atoms with E-state index >= 15 is 0 Å². The number of nitrogens with zero attached hydrogens (tertiary/aromatic N) is 1. The van der Waals surface area contributed by atoms with E-state index < -0.39 is 10.0 Å². The third-order valence-electron chi connectivity index (χ3n) is 3.01. The lowest BCUT2D eigenvalue weighted by molar-refractivity contribution is -0.128. The van der Waals surface area contributed by atoms with Gasteiger partial charge in [0.2, 0.25) is 15.9 Å². The average Bonchev–Trinajstić information content (AvgIpc) is 2.33. The van der Waals surface area contributed by atoms with E-state index in [0.29, 0.717) is 11.1 Å². The number of nitrogens with two attached hydrogens (primary N) is 1. The van der Waals surface area contributed by atoms with Gasteiger partial charge in [-0.1, -0.05) is 12.1 Å². The second kappa shape index (κ2) is 6.23. The summed E-state index contributed by atoms with van der Waals surface area (Å²) in [5.41, 5.74) is 7.39. The van der Waals surface area contributed by atoms with E-state index in [1.165, 1.54) is 4.90 Å². The Balaban J connectivity index is 2.91. The highest BCUT2D eigenvalue weighted by molar-refractivity contribution is 7.89. The largest absolute Gasteiger partial charge is 0.397 e. The molecule has 1 aromatic carbocycles. The van der Waals surface area contributed by atoms with Crippen molar-refractivity contribution in [3.8, 4) is 0 Å². The average molecular weight is 299 g/mol. The van der Waals surface area contributed by atoms with Gasteiger partial charge in [-0.05, 0) is 25.0 Å². The van der Waals surface area contributed by atoms with Crippen molar-refractivity contribution < 1.29 is 13.2 Å². The Morgan fingerprint density at radius 2 is 1.80 bits per heavy atom. The van der Waals surface area contributed by atoms with Crippen LogP contribution in [-0.4, -0.2) is 39.9 Å². The predicted octanol–water partition coefficient (Wildman–Crippen LogP) is 0.642. The Labute approximate surface area is 120 Å². The number of sulfonamides is 1. The van der Waals surface area contributed by atoms with Gasteiger partial charge in [-0.15, -0.1) is 0 Å². The molecule has 0 aliphatic carbocycles. The molecule has 1 aromatic rings. The Morgan fingerprint density at radius 1 is 1.25 bits per heavy atom. The number of aryl methyl sites for hydroxylation is 2. The highest BCUT2D eigenvalue weighted by atomic mass is 32.2. The normalized spacial score (nSPS) is 11.4. The first-order valence-corrected chi connectivity index (χ1v) is 7.70. The summed E-state index contributed by atoms with van der Waals surface area (Å²) < 4.78 is 26.9. The maximum Gasteiger partial charge on any atom is 0.242 e. The van der Waals surface area contributed by atoms with E-state index in [1.54, 1.807) is 40.1 Å². The lowest BCUT2D eigenvalue weighted by Crippen LogP contribution is -2.31. The van der Waals surface area contributed by atoms with Crippen molar-refractivity contribution in [1.29, 1.82) is 0 Å². The van der Waals surface area contributed by atoms with E-state index in [9.17, 15) is 13.2 Å². The lowest BCUT2D eigenvalue weighted by atomic mass is 10.1. The van der Waals surface area contributed by atoms with Gasteiger partial charge < -0.3 is 10.6 Å². The molecule has 0 unspecified atom stereocenters. The molecular weight excluding hydrogens is 278 g/mol. The number of carbonyl (C=O) groups excluding carboxylic acids is 1. The maximum atomic E-state index is 12.3. The number of carbonyl (C=O) groups is 1. The quantitative estimate of drug-likeness (QED) is 0.780. The predicted molar refractivity (Wildman–Crippen MR) is 78.8 cm³/mol. The van der Waals surface area contributed by atoms with Gasteiger partial charge in [-0.3, -0.25) is 4.79 Å². The van der Waals surface area contributed by atoms with Crippen LogP contribution in [0.15, 0.2) is 17.0 Å². The summed E-state index contributed by atoms with van der Waals surface area (Å²) >= 11 is 0. The number of benzene rings is 1. The number of hydrogen-bond acceptors (Lipinski definition) is 4. The first-order valence-electron chi connectivity index (χ1n) is 6.22. The molecule has 0 heterocycles. The molecule has 1 rings (SSSR count). The summed E-state index contributed by atoms with van der Waals surface area (Å²) in [4.78, 5) is 12.9. The SMILES string of the molecule is Cc1ccc(C)c(S(=O)(=O)NCCC(=O)N(C)C)c1N. The van der Waals surface area contributed by atoms with Gasteiger partial charge in [0, 0.05) is 27.1 Å². The number of amides is 1. The Kier molecular flexibility index (Phi) is 5.13. The van der Waals surface area contributed by atoms with Crippen LogP contribution in [0.1, 0.15) is 17.5 Å². The molecule has 7 heteroatoms. The smallest absolute Gasteiger partial charge is 0.242 e. The summed E-state index contributed by atoms with van der Waals surface area (Å²) in [7, 11) is -0.462. The van der Waals surface area contributed by atoms with Crippen LogP contribution in [0.25, 0.3) is 0 Å². The van der Waals surface area contributed by atoms with Crippen LogP contribution >= 0.6 is 0 Å². The second-order valence-corrected chi connectivity index (χ2v) is 6.58. The Hall–Kier alpha value is -1.60. The van der Waals surface area contributed by atoms with Crippen molar-refractivity contribution in [3.63, 3.8) is 0 Å². The van der Waals surface area contributed by atoms with Crippen molar-refractivity contribution in [2.24, 2.45) is 0 Å². The van der Waals surface area contributed by atoms with Gasteiger partial charge in [-0.2, -0.15) is 0 Å². The molecule has 0 radical (unpaired) electrons. The van der Waals surface area contributed by atoms with Gasteiger partial charge >= 0.3 is 0 Å². The zero-order valence-electron chi connectivity index (χ0n) is 12.2. The van der Waals surface area contributed by atoms with Crippen LogP contribution in [0.4, 0.5) is 5.69 Å². The lowest BCUT2D eigenvalue weighted by Gasteiger charge is -2.14. The molecule has 0 atom stereocenters. The highest BCUT2D eigenvalue weighted by Crippen LogP contribution is 2.25. The summed E-state index contributed by atoms with van der Waals surface area (Å²) in [6.07, 6.45) is 0.108. The van der Waals surface area contributed by atoms with Gasteiger partial charge in [0.1, 0.15) is 4.90 Å². The third-order valence-corrected chi connectivity index (χ3v) is 4.67. The molecule has 0 aliphatic rings. The van der Waals surface area contributed by atoms with Gasteiger partial charge in [0.25, 0.3) is 0 Å². The molecule has 20 heavy (non-hydrogen) atoms. The number of anilines is 1. The minimum atomic E-state index is -3.71. The number of nitrogens with one attached hydrogen (secondary N) is 1. The summed E-state index contributed by atoms with van der Waals surface area (Å²) in [6, 6.07) is 3.49. The van der Waals surface area contributed by atoms with Gasteiger partial charge in [-0.25, -0.2) is 13.1 Å². The monoisotopic (exact) mass is 299 g/mol. The molecule has 0 aliphatic heterocycles. The van der Waals surface area contributed by atoms with Crippen LogP contribution in [0.5, 0.6) is 0 Å². The fraction of sp³-hybridized carbons (Fsp3) is 0.462. The minimum Gasteiger partial charge on any atom is -0.397 e. The molecule has 6 nitrogen and oxygen atoms in total. The van der Waals surface area contributed by atoms with Crippen molar-refractivity contribution in [2.75, 3.05) is 26.4 Å². The molecule has 0 saturated carbocycles. The van der Waals surface area contributed by atoms with E-state index in [4.69, 9.17) is 5.73 Å². The van der Waals surface area contributed by atoms with Gasteiger partial charge in [0.15, 0.2) is 0 Å². The fourth-order valence-corrected chi connectivity index (χ4v) is 3.21. The zero-order valence-corrected chi connectivity index (χ0v) is 13.0. The summed E-state index contributed by atoms with van der Waals surface area (Å²) in [6.45, 7) is 3.49. The number of rotatable bonds is 5. The van der Waals surface area contributed by atoms with Crippen LogP contribution in [-0.2, 0) is 14.8 Å². The molecular formula is C13H21N3O3S. The van der Waals surface area contributed by atoms with E-state index in [0.717, 1.165) is 0 Å². The summed E-state index contributed by atoms with van der Waals surface area (Å²) in [5, 5.41) is 0. The summed E-state index contributed by atoms with van der Waals surface area (Å²) in [5.74, 6) is -0.137. The zero-order chi connectivity index (χ0) is 15.5. The van der Waals surface area contributed by atoms with E-state index in [1.807, 2.05) is 0 Å². The topological polar surface area (TPSA) is 92.5 Å². The van der Waals surface area contributed by atoms with Gasteiger partial charge in [0.05, 0.1) is 5.69 Å². The molecule has 0 fully saturated rings. The number of nitrogen functional groups attached to an aromatic ring is 1. The van der Waals surface area contributed by atoms with Crippen molar-refractivity contribution >= 4 is 21.6 Å².